The molecule has 2 N–H and O–H groups in total. The molecule has 0 radical (unpaired) electrons. The molecule has 0 saturated heterocycles. The molecule has 0 fully saturated rings. The van der Waals surface area contributed by atoms with E-state index in [1.807, 2.05) is 6.92 Å². The number of aromatic nitrogens is 1. The first-order valence-corrected chi connectivity index (χ1v) is 6.02. The van der Waals surface area contributed by atoms with Gasteiger partial charge in [-0.05, 0) is 18.6 Å². The number of halogens is 4. The van der Waals surface area contributed by atoms with Gasteiger partial charge in [0.2, 0.25) is 0 Å². The maximum atomic E-state index is 12.7. The highest BCUT2D eigenvalue weighted by atomic mass is 19.3. The van der Waals surface area contributed by atoms with E-state index in [2.05, 4.69) is 10.3 Å². The highest BCUT2D eigenvalue weighted by Gasteiger charge is 2.40. The van der Waals surface area contributed by atoms with Crippen molar-refractivity contribution in [3.8, 4) is 0 Å². The maximum Gasteiger partial charge on any atom is 0.324 e. The Balaban J connectivity index is 2.63. The van der Waals surface area contributed by atoms with Crippen LogP contribution in [0.5, 0.6) is 0 Å². The van der Waals surface area contributed by atoms with E-state index < -0.39 is 24.8 Å². The maximum absolute atomic E-state index is 12.7. The van der Waals surface area contributed by atoms with Gasteiger partial charge < -0.3 is 10.6 Å². The van der Waals surface area contributed by atoms with Crippen LogP contribution in [0.4, 0.5) is 23.4 Å². The second kappa shape index (κ2) is 7.06. The number of carbonyl (C=O) groups is 1. The summed E-state index contributed by atoms with van der Waals surface area (Å²) < 4.78 is 49.2. The topological polar surface area (TPSA) is 54.0 Å². The first-order valence-electron chi connectivity index (χ1n) is 6.02. The minimum atomic E-state index is -4.26. The van der Waals surface area contributed by atoms with Gasteiger partial charge in [-0.25, -0.2) is 13.8 Å². The number of anilines is 1. The predicted octanol–water partition coefficient (Wildman–Crippen LogP) is 2.53. The first kappa shape index (κ1) is 16.2. The second-order valence-electron chi connectivity index (χ2n) is 4.08. The number of nitrogens with one attached hydrogen (secondary N) is 2. The third kappa shape index (κ3) is 4.67. The van der Waals surface area contributed by atoms with Crippen molar-refractivity contribution in [2.75, 3.05) is 18.4 Å². The van der Waals surface area contributed by atoms with Crippen molar-refractivity contribution in [1.29, 1.82) is 0 Å². The van der Waals surface area contributed by atoms with Gasteiger partial charge >= 0.3 is 12.3 Å². The van der Waals surface area contributed by atoms with Gasteiger partial charge in [-0.3, -0.25) is 4.79 Å². The van der Waals surface area contributed by atoms with Gasteiger partial charge in [-0.1, -0.05) is 13.0 Å². The van der Waals surface area contributed by atoms with Crippen LogP contribution in [0.15, 0.2) is 18.2 Å². The number of nitrogens with zero attached hydrogens (tertiary/aromatic N) is 1. The van der Waals surface area contributed by atoms with Crippen LogP contribution < -0.4 is 10.6 Å². The normalized spacial score (nSPS) is 11.5. The molecule has 4 nitrogen and oxygen atoms in total. The van der Waals surface area contributed by atoms with E-state index in [0.29, 0.717) is 12.4 Å². The van der Waals surface area contributed by atoms with Crippen LogP contribution in [0.1, 0.15) is 23.8 Å². The van der Waals surface area contributed by atoms with Crippen molar-refractivity contribution in [2.24, 2.45) is 0 Å². The molecule has 1 aromatic heterocycles. The van der Waals surface area contributed by atoms with Gasteiger partial charge in [-0.15, -0.1) is 0 Å². The van der Waals surface area contributed by atoms with Crippen molar-refractivity contribution < 1.29 is 22.4 Å². The van der Waals surface area contributed by atoms with E-state index >= 15 is 0 Å². The van der Waals surface area contributed by atoms with Crippen molar-refractivity contribution in [3.05, 3.63) is 23.9 Å². The molecule has 0 aliphatic rings. The average Bonchev–Trinajstić information content (AvgIpc) is 2.42. The zero-order chi connectivity index (χ0) is 15.2. The number of hydrogen-bond acceptors (Lipinski definition) is 3. The quantitative estimate of drug-likeness (QED) is 0.760. The van der Waals surface area contributed by atoms with Gasteiger partial charge in [-0.2, -0.15) is 8.78 Å². The number of rotatable bonds is 7. The molecule has 1 aromatic rings. The molecule has 1 amide bonds. The molecule has 8 heteroatoms. The summed E-state index contributed by atoms with van der Waals surface area (Å²) in [5, 5.41) is 4.67. The molecule has 112 valence electrons. The Hall–Kier alpha value is -1.86. The van der Waals surface area contributed by atoms with E-state index in [-0.39, 0.29) is 5.69 Å². The predicted molar refractivity (Wildman–Crippen MR) is 66.3 cm³/mol. The molecule has 20 heavy (non-hydrogen) atoms. The number of amides is 1. The molecule has 1 rings (SSSR count). The summed E-state index contributed by atoms with van der Waals surface area (Å²) in [6, 6.07) is 4.44. The molecule has 0 unspecified atom stereocenters. The number of pyridine rings is 1. The molecule has 0 bridgehead atoms. The number of carbonyl (C=O) groups excluding carboxylic acids is 1. The molecule has 1 heterocycles. The van der Waals surface area contributed by atoms with Crippen molar-refractivity contribution in [2.45, 2.75) is 25.7 Å². The molecular weight excluding hydrogens is 278 g/mol. The van der Waals surface area contributed by atoms with Crippen LogP contribution in [0, 0.1) is 0 Å². The molecule has 0 saturated carbocycles. The summed E-state index contributed by atoms with van der Waals surface area (Å²) in [6.45, 7) is 1.15. The lowest BCUT2D eigenvalue weighted by atomic mass is 10.3. The Bertz CT molecular complexity index is 454. The fraction of sp³-hybridized carbons (Fsp3) is 0.500. The molecular formula is C12H15F4N3O. The lowest BCUT2D eigenvalue weighted by molar-refractivity contribution is -0.123. The Kier molecular flexibility index (Phi) is 5.72. The van der Waals surface area contributed by atoms with E-state index in [9.17, 15) is 22.4 Å². The minimum absolute atomic E-state index is 0.115. The molecule has 0 aliphatic carbocycles. The summed E-state index contributed by atoms with van der Waals surface area (Å²) in [6.07, 6.45) is -2.98. The van der Waals surface area contributed by atoms with Gasteiger partial charge in [0.05, 0.1) is 6.54 Å². The lowest BCUT2D eigenvalue weighted by Crippen LogP contribution is -2.41. The molecule has 0 aliphatic heterocycles. The summed E-state index contributed by atoms with van der Waals surface area (Å²) in [7, 11) is 0. The van der Waals surface area contributed by atoms with Gasteiger partial charge in [0.1, 0.15) is 11.5 Å². The van der Waals surface area contributed by atoms with Crippen LogP contribution in [0.2, 0.25) is 0 Å². The van der Waals surface area contributed by atoms with Crippen molar-refractivity contribution in [3.63, 3.8) is 0 Å². The van der Waals surface area contributed by atoms with Crippen LogP contribution in [-0.4, -0.2) is 36.3 Å². The Morgan fingerprint density at radius 2 is 2.10 bits per heavy atom. The Morgan fingerprint density at radius 1 is 1.40 bits per heavy atom. The standard InChI is InChI=1S/C12H15F4N3O/c1-2-6-17-9-5-3-4-8(19-9)10(20)18-7-12(15,16)11(13)14/h3-5,11H,2,6-7H2,1H3,(H,17,19)(H,18,20). The highest BCUT2D eigenvalue weighted by Crippen LogP contribution is 2.21. The minimum Gasteiger partial charge on any atom is -0.370 e. The Morgan fingerprint density at radius 3 is 2.70 bits per heavy atom. The SMILES string of the molecule is CCCNc1cccc(C(=O)NCC(F)(F)C(F)F)n1. The number of alkyl halides is 4. The molecule has 0 atom stereocenters. The summed E-state index contributed by atoms with van der Waals surface area (Å²) in [5.74, 6) is -4.76. The zero-order valence-corrected chi connectivity index (χ0v) is 10.8. The van der Waals surface area contributed by atoms with E-state index in [0.717, 1.165) is 6.42 Å². The molecule has 0 aromatic carbocycles. The number of hydrogen-bond donors (Lipinski definition) is 2. The van der Waals surface area contributed by atoms with E-state index in [1.54, 1.807) is 11.4 Å². The summed E-state index contributed by atoms with van der Waals surface area (Å²) in [5.41, 5.74) is -0.115. The van der Waals surface area contributed by atoms with Crippen LogP contribution in [0.3, 0.4) is 0 Å². The van der Waals surface area contributed by atoms with Crippen molar-refractivity contribution >= 4 is 11.7 Å². The summed E-state index contributed by atoms with van der Waals surface area (Å²) in [4.78, 5) is 15.5. The largest absolute Gasteiger partial charge is 0.370 e. The third-order valence-corrected chi connectivity index (χ3v) is 2.34. The summed E-state index contributed by atoms with van der Waals surface area (Å²) >= 11 is 0. The highest BCUT2D eigenvalue weighted by molar-refractivity contribution is 5.92. The van der Waals surface area contributed by atoms with Crippen molar-refractivity contribution in [1.82, 2.24) is 10.3 Å². The van der Waals surface area contributed by atoms with Crippen LogP contribution in [0.25, 0.3) is 0 Å². The van der Waals surface area contributed by atoms with Gasteiger partial charge in [0, 0.05) is 6.54 Å². The van der Waals surface area contributed by atoms with E-state index in [4.69, 9.17) is 0 Å². The average molecular weight is 293 g/mol. The fourth-order valence-electron chi connectivity index (χ4n) is 1.28. The van der Waals surface area contributed by atoms with Gasteiger partial charge in [0.25, 0.3) is 5.91 Å². The monoisotopic (exact) mass is 293 g/mol. The smallest absolute Gasteiger partial charge is 0.324 e. The second-order valence-corrected chi connectivity index (χ2v) is 4.08. The van der Waals surface area contributed by atoms with Gasteiger partial charge in [0.15, 0.2) is 0 Å². The van der Waals surface area contributed by atoms with Crippen LogP contribution in [-0.2, 0) is 0 Å². The van der Waals surface area contributed by atoms with E-state index in [1.165, 1.54) is 12.1 Å². The lowest BCUT2D eigenvalue weighted by Gasteiger charge is -2.15. The Labute approximate surface area is 113 Å². The zero-order valence-electron chi connectivity index (χ0n) is 10.8. The van der Waals surface area contributed by atoms with Crippen LogP contribution >= 0.6 is 0 Å². The first-order chi connectivity index (χ1) is 9.36. The molecule has 0 spiro atoms. The fourth-order valence-corrected chi connectivity index (χ4v) is 1.28. The third-order valence-electron chi connectivity index (χ3n) is 2.34.